The van der Waals surface area contributed by atoms with E-state index in [1.54, 1.807) is 0 Å². The number of hydrogen-bond donors (Lipinski definition) is 2. The molecule has 0 saturated heterocycles. The first-order valence-corrected chi connectivity index (χ1v) is 6.73. The predicted octanol–water partition coefficient (Wildman–Crippen LogP) is 3.02. The Morgan fingerprint density at radius 3 is 2.76 bits per heavy atom. The van der Waals surface area contributed by atoms with Gasteiger partial charge in [0.25, 0.3) is 0 Å². The highest BCUT2D eigenvalue weighted by molar-refractivity contribution is 5.25. The standard InChI is InChI=1S/C15H23NO/c1-16-11-12-6-5-9-14(10-12)15(17)13-7-3-2-4-8-13/h5-6,9-10,13,15-17H,2-4,7-8,11H2,1H3. The molecule has 0 radical (unpaired) electrons. The Kier molecular flexibility index (Phi) is 4.57. The van der Waals surface area contributed by atoms with Crippen LogP contribution in [0.15, 0.2) is 24.3 Å². The van der Waals surface area contributed by atoms with E-state index in [1.807, 2.05) is 13.1 Å². The smallest absolute Gasteiger partial charge is 0.0818 e. The Morgan fingerprint density at radius 1 is 1.29 bits per heavy atom. The third-order valence-electron chi connectivity index (χ3n) is 3.77. The van der Waals surface area contributed by atoms with Gasteiger partial charge in [-0.05, 0) is 36.9 Å². The van der Waals surface area contributed by atoms with E-state index in [4.69, 9.17) is 0 Å². The molecule has 94 valence electrons. The van der Waals surface area contributed by atoms with Crippen LogP contribution in [0.2, 0.25) is 0 Å². The summed E-state index contributed by atoms with van der Waals surface area (Å²) in [5, 5.41) is 13.6. The summed E-state index contributed by atoms with van der Waals surface area (Å²) in [6, 6.07) is 8.34. The molecule has 0 heterocycles. The second-order valence-electron chi connectivity index (χ2n) is 5.12. The van der Waals surface area contributed by atoms with Crippen molar-refractivity contribution >= 4 is 0 Å². The van der Waals surface area contributed by atoms with Crippen molar-refractivity contribution in [2.24, 2.45) is 5.92 Å². The Morgan fingerprint density at radius 2 is 2.06 bits per heavy atom. The van der Waals surface area contributed by atoms with Gasteiger partial charge in [-0.3, -0.25) is 0 Å². The summed E-state index contributed by atoms with van der Waals surface area (Å²) in [6.45, 7) is 0.866. The maximum atomic E-state index is 10.4. The summed E-state index contributed by atoms with van der Waals surface area (Å²) in [6.07, 6.45) is 5.97. The third kappa shape index (κ3) is 3.30. The van der Waals surface area contributed by atoms with Gasteiger partial charge in [-0.1, -0.05) is 43.5 Å². The molecule has 0 bridgehead atoms. The van der Waals surface area contributed by atoms with Crippen LogP contribution in [0.3, 0.4) is 0 Å². The molecular weight excluding hydrogens is 210 g/mol. The molecule has 1 saturated carbocycles. The number of nitrogens with one attached hydrogen (secondary N) is 1. The molecule has 0 aromatic heterocycles. The van der Waals surface area contributed by atoms with Crippen LogP contribution in [-0.4, -0.2) is 12.2 Å². The molecular formula is C15H23NO. The molecule has 0 amide bonds. The van der Waals surface area contributed by atoms with E-state index in [-0.39, 0.29) is 6.10 Å². The summed E-state index contributed by atoms with van der Waals surface area (Å²) in [7, 11) is 1.95. The quantitative estimate of drug-likeness (QED) is 0.838. The largest absolute Gasteiger partial charge is 0.388 e. The van der Waals surface area contributed by atoms with E-state index in [1.165, 1.54) is 37.7 Å². The van der Waals surface area contributed by atoms with Crippen molar-refractivity contribution in [1.82, 2.24) is 5.32 Å². The number of rotatable bonds is 4. The van der Waals surface area contributed by atoms with Crippen LogP contribution in [0.5, 0.6) is 0 Å². The molecule has 1 aliphatic carbocycles. The first-order valence-electron chi connectivity index (χ1n) is 6.73. The summed E-state index contributed by atoms with van der Waals surface area (Å²) in [4.78, 5) is 0. The van der Waals surface area contributed by atoms with Crippen LogP contribution in [-0.2, 0) is 6.54 Å². The van der Waals surface area contributed by atoms with E-state index in [9.17, 15) is 5.11 Å². The lowest BCUT2D eigenvalue weighted by Gasteiger charge is -2.27. The average Bonchev–Trinajstić information content (AvgIpc) is 2.40. The van der Waals surface area contributed by atoms with E-state index >= 15 is 0 Å². The van der Waals surface area contributed by atoms with E-state index in [0.717, 1.165) is 12.1 Å². The van der Waals surface area contributed by atoms with Gasteiger partial charge in [0.1, 0.15) is 0 Å². The molecule has 0 spiro atoms. The highest BCUT2D eigenvalue weighted by Gasteiger charge is 2.22. The molecule has 2 N–H and O–H groups in total. The van der Waals surface area contributed by atoms with Crippen LogP contribution < -0.4 is 5.32 Å². The zero-order valence-electron chi connectivity index (χ0n) is 10.7. The highest BCUT2D eigenvalue weighted by Crippen LogP contribution is 2.34. The fraction of sp³-hybridized carbons (Fsp3) is 0.600. The molecule has 1 atom stereocenters. The van der Waals surface area contributed by atoms with E-state index in [2.05, 4.69) is 23.5 Å². The fourth-order valence-electron chi connectivity index (χ4n) is 2.81. The second kappa shape index (κ2) is 6.18. The molecule has 1 aromatic rings. The lowest BCUT2D eigenvalue weighted by atomic mass is 9.82. The summed E-state index contributed by atoms with van der Waals surface area (Å²) < 4.78 is 0. The van der Waals surface area contributed by atoms with Gasteiger partial charge < -0.3 is 10.4 Å². The SMILES string of the molecule is CNCc1cccc(C(O)C2CCCCC2)c1. The van der Waals surface area contributed by atoms with Crippen molar-refractivity contribution in [2.75, 3.05) is 7.05 Å². The lowest BCUT2D eigenvalue weighted by Crippen LogP contribution is -2.16. The Bertz CT molecular complexity index is 345. The minimum atomic E-state index is -0.271. The molecule has 2 heteroatoms. The molecule has 0 aliphatic heterocycles. The minimum absolute atomic E-state index is 0.271. The topological polar surface area (TPSA) is 32.3 Å². The fourth-order valence-corrected chi connectivity index (χ4v) is 2.81. The Balaban J connectivity index is 2.06. The van der Waals surface area contributed by atoms with Gasteiger partial charge in [0.2, 0.25) is 0 Å². The molecule has 1 fully saturated rings. The molecule has 2 rings (SSSR count). The van der Waals surface area contributed by atoms with Gasteiger partial charge in [0.05, 0.1) is 6.10 Å². The average molecular weight is 233 g/mol. The molecule has 2 nitrogen and oxygen atoms in total. The van der Waals surface area contributed by atoms with Crippen LogP contribution in [0.1, 0.15) is 49.3 Å². The van der Waals surface area contributed by atoms with Gasteiger partial charge >= 0.3 is 0 Å². The number of aliphatic hydroxyl groups excluding tert-OH is 1. The van der Waals surface area contributed by atoms with Crippen molar-refractivity contribution in [3.05, 3.63) is 35.4 Å². The number of hydrogen-bond acceptors (Lipinski definition) is 2. The van der Waals surface area contributed by atoms with Crippen LogP contribution in [0.4, 0.5) is 0 Å². The summed E-state index contributed by atoms with van der Waals surface area (Å²) in [5.41, 5.74) is 2.34. The Labute approximate surface area is 104 Å². The zero-order chi connectivity index (χ0) is 12.1. The predicted molar refractivity (Wildman–Crippen MR) is 70.7 cm³/mol. The van der Waals surface area contributed by atoms with Gasteiger partial charge in [-0.2, -0.15) is 0 Å². The highest BCUT2D eigenvalue weighted by atomic mass is 16.3. The van der Waals surface area contributed by atoms with Gasteiger partial charge in [0, 0.05) is 6.54 Å². The summed E-state index contributed by atoms with van der Waals surface area (Å²) in [5.74, 6) is 0.466. The first-order chi connectivity index (χ1) is 8.31. The van der Waals surface area contributed by atoms with Crippen molar-refractivity contribution in [1.29, 1.82) is 0 Å². The second-order valence-corrected chi connectivity index (χ2v) is 5.12. The third-order valence-corrected chi connectivity index (χ3v) is 3.77. The van der Waals surface area contributed by atoms with Crippen LogP contribution in [0, 0.1) is 5.92 Å². The molecule has 1 aliphatic rings. The lowest BCUT2D eigenvalue weighted by molar-refractivity contribution is 0.0848. The van der Waals surface area contributed by atoms with E-state index < -0.39 is 0 Å². The monoisotopic (exact) mass is 233 g/mol. The molecule has 1 aromatic carbocycles. The van der Waals surface area contributed by atoms with Crippen molar-refractivity contribution in [3.63, 3.8) is 0 Å². The van der Waals surface area contributed by atoms with Crippen molar-refractivity contribution in [2.45, 2.75) is 44.8 Å². The first kappa shape index (κ1) is 12.6. The zero-order valence-corrected chi connectivity index (χ0v) is 10.7. The number of aliphatic hydroxyl groups is 1. The van der Waals surface area contributed by atoms with Gasteiger partial charge in [-0.15, -0.1) is 0 Å². The van der Waals surface area contributed by atoms with Crippen LogP contribution in [0.25, 0.3) is 0 Å². The maximum Gasteiger partial charge on any atom is 0.0818 e. The van der Waals surface area contributed by atoms with Crippen molar-refractivity contribution in [3.8, 4) is 0 Å². The van der Waals surface area contributed by atoms with Gasteiger partial charge in [0.15, 0.2) is 0 Å². The van der Waals surface area contributed by atoms with Gasteiger partial charge in [-0.25, -0.2) is 0 Å². The molecule has 1 unspecified atom stereocenters. The van der Waals surface area contributed by atoms with Crippen molar-refractivity contribution < 1.29 is 5.11 Å². The maximum absolute atomic E-state index is 10.4. The summed E-state index contributed by atoms with van der Waals surface area (Å²) >= 11 is 0. The molecule has 17 heavy (non-hydrogen) atoms. The normalized spacial score (nSPS) is 19.2. The Hall–Kier alpha value is -0.860. The van der Waals surface area contributed by atoms with E-state index in [0.29, 0.717) is 5.92 Å². The van der Waals surface area contributed by atoms with Crippen LogP contribution >= 0.6 is 0 Å². The minimum Gasteiger partial charge on any atom is -0.388 e. The number of benzene rings is 1.